The molecule has 1 heterocycles. The van der Waals surface area contributed by atoms with Gasteiger partial charge in [-0.25, -0.2) is 0 Å². The molecule has 0 saturated carbocycles. The second-order valence-corrected chi connectivity index (χ2v) is 6.53. The fourth-order valence-electron chi connectivity index (χ4n) is 2.03. The fourth-order valence-corrected chi connectivity index (χ4v) is 2.58. The van der Waals surface area contributed by atoms with Crippen molar-refractivity contribution in [1.82, 2.24) is 15.1 Å². The van der Waals surface area contributed by atoms with E-state index in [4.69, 9.17) is 0 Å². The average Bonchev–Trinajstić information content (AvgIpc) is 2.71. The molecule has 2 aromatic rings. The first kappa shape index (κ1) is 16.2. The van der Waals surface area contributed by atoms with E-state index in [1.807, 2.05) is 30.7 Å². The third-order valence-electron chi connectivity index (χ3n) is 3.23. The van der Waals surface area contributed by atoms with E-state index in [1.54, 1.807) is 12.1 Å². The van der Waals surface area contributed by atoms with Gasteiger partial charge in [0.1, 0.15) is 0 Å². The van der Waals surface area contributed by atoms with Crippen molar-refractivity contribution in [2.24, 2.45) is 0 Å². The molecule has 1 N–H and O–H groups in total. The Bertz CT molecular complexity index is 635. The fraction of sp³-hybridized carbons (Fsp3) is 0.333. The second-order valence-electron chi connectivity index (χ2n) is 4.82. The summed E-state index contributed by atoms with van der Waals surface area (Å²) in [5.74, 6) is -0.0444. The van der Waals surface area contributed by atoms with Crippen LogP contribution in [-0.2, 0) is 6.54 Å². The van der Waals surface area contributed by atoms with Gasteiger partial charge < -0.3 is 5.32 Å². The third kappa shape index (κ3) is 4.17. The lowest BCUT2D eigenvalue weighted by atomic mass is 10.2. The van der Waals surface area contributed by atoms with Crippen molar-refractivity contribution in [2.45, 2.75) is 26.8 Å². The summed E-state index contributed by atoms with van der Waals surface area (Å²) in [6.45, 7) is 5.43. The molecule has 0 unspecified atom stereocenters. The summed E-state index contributed by atoms with van der Waals surface area (Å²) >= 11 is 6.87. The molecule has 0 aliphatic carbocycles. The van der Waals surface area contributed by atoms with Crippen molar-refractivity contribution < 1.29 is 4.79 Å². The molecular formula is C15H17Br2N3O. The maximum Gasteiger partial charge on any atom is 0.251 e. The van der Waals surface area contributed by atoms with Crippen LogP contribution in [0.1, 0.15) is 28.2 Å². The van der Waals surface area contributed by atoms with E-state index in [0.29, 0.717) is 12.1 Å². The summed E-state index contributed by atoms with van der Waals surface area (Å²) < 4.78 is 3.99. The first-order valence-electron chi connectivity index (χ1n) is 6.72. The normalized spacial score (nSPS) is 10.7. The molecule has 0 saturated heterocycles. The van der Waals surface area contributed by atoms with Gasteiger partial charge in [0, 0.05) is 28.8 Å². The van der Waals surface area contributed by atoms with Gasteiger partial charge in [-0.3, -0.25) is 9.48 Å². The van der Waals surface area contributed by atoms with E-state index in [1.165, 1.54) is 0 Å². The number of aromatic nitrogens is 2. The van der Waals surface area contributed by atoms with Crippen LogP contribution in [0.2, 0.25) is 0 Å². The standard InChI is InChI=1S/C15H17Br2N3O/c1-10-14(17)11(2)20(19-10)9-3-8-18-15(21)12-4-6-13(16)7-5-12/h4-7H,3,8-9H2,1-2H3,(H,18,21). The summed E-state index contributed by atoms with van der Waals surface area (Å²) in [5.41, 5.74) is 2.78. The molecule has 6 heteroatoms. The lowest BCUT2D eigenvalue weighted by molar-refractivity contribution is 0.0952. The predicted molar refractivity (Wildman–Crippen MR) is 90.5 cm³/mol. The Kier molecular flexibility index (Phi) is 5.58. The van der Waals surface area contributed by atoms with E-state index in [2.05, 4.69) is 42.3 Å². The molecule has 1 aromatic carbocycles. The highest BCUT2D eigenvalue weighted by Crippen LogP contribution is 2.19. The van der Waals surface area contributed by atoms with Crippen molar-refractivity contribution in [2.75, 3.05) is 6.54 Å². The zero-order valence-corrected chi connectivity index (χ0v) is 15.2. The largest absolute Gasteiger partial charge is 0.352 e. The van der Waals surface area contributed by atoms with Crippen LogP contribution < -0.4 is 5.32 Å². The third-order valence-corrected chi connectivity index (χ3v) is 4.91. The minimum atomic E-state index is -0.0444. The molecule has 112 valence electrons. The summed E-state index contributed by atoms with van der Waals surface area (Å²) in [4.78, 5) is 11.9. The van der Waals surface area contributed by atoms with E-state index >= 15 is 0 Å². The van der Waals surface area contributed by atoms with Gasteiger partial charge >= 0.3 is 0 Å². The molecule has 1 amide bonds. The van der Waals surface area contributed by atoms with Gasteiger partial charge in [0.05, 0.1) is 10.2 Å². The maximum absolute atomic E-state index is 11.9. The van der Waals surface area contributed by atoms with Gasteiger partial charge in [-0.15, -0.1) is 0 Å². The highest BCUT2D eigenvalue weighted by atomic mass is 79.9. The van der Waals surface area contributed by atoms with Crippen LogP contribution in [0, 0.1) is 13.8 Å². The number of amides is 1. The first-order chi connectivity index (χ1) is 9.99. The lowest BCUT2D eigenvalue weighted by Gasteiger charge is -2.07. The summed E-state index contributed by atoms with van der Waals surface area (Å²) in [6, 6.07) is 7.33. The number of benzene rings is 1. The molecule has 0 aliphatic heterocycles. The minimum absolute atomic E-state index is 0.0444. The number of carbonyl (C=O) groups excluding carboxylic acids is 1. The monoisotopic (exact) mass is 413 g/mol. The van der Waals surface area contributed by atoms with Gasteiger partial charge in [-0.2, -0.15) is 5.10 Å². The van der Waals surface area contributed by atoms with Crippen LogP contribution in [0.4, 0.5) is 0 Å². The Morgan fingerprint density at radius 3 is 2.48 bits per heavy atom. The summed E-state index contributed by atoms with van der Waals surface area (Å²) in [7, 11) is 0. The Hall–Kier alpha value is -1.14. The zero-order valence-electron chi connectivity index (χ0n) is 12.0. The van der Waals surface area contributed by atoms with Crippen LogP contribution in [-0.4, -0.2) is 22.2 Å². The molecule has 0 aliphatic rings. The maximum atomic E-state index is 11.9. The Balaban J connectivity index is 1.80. The number of carbonyl (C=O) groups is 1. The summed E-state index contributed by atoms with van der Waals surface area (Å²) in [6.07, 6.45) is 0.844. The number of aryl methyl sites for hydroxylation is 2. The molecule has 0 radical (unpaired) electrons. The molecule has 4 nitrogen and oxygen atoms in total. The van der Waals surface area contributed by atoms with Crippen molar-refractivity contribution in [1.29, 1.82) is 0 Å². The van der Waals surface area contributed by atoms with E-state index in [9.17, 15) is 4.79 Å². The lowest BCUT2D eigenvalue weighted by Crippen LogP contribution is -2.25. The summed E-state index contributed by atoms with van der Waals surface area (Å²) in [5, 5.41) is 7.37. The Morgan fingerprint density at radius 2 is 1.90 bits per heavy atom. The van der Waals surface area contributed by atoms with Gasteiger partial charge in [0.2, 0.25) is 0 Å². The van der Waals surface area contributed by atoms with Crippen LogP contribution in [0.5, 0.6) is 0 Å². The van der Waals surface area contributed by atoms with E-state index in [0.717, 1.165) is 33.3 Å². The van der Waals surface area contributed by atoms with Crippen LogP contribution >= 0.6 is 31.9 Å². The van der Waals surface area contributed by atoms with Gasteiger partial charge in [-0.05, 0) is 60.5 Å². The van der Waals surface area contributed by atoms with Crippen molar-refractivity contribution >= 4 is 37.8 Å². The highest BCUT2D eigenvalue weighted by molar-refractivity contribution is 9.10. The van der Waals surface area contributed by atoms with E-state index < -0.39 is 0 Å². The smallest absolute Gasteiger partial charge is 0.251 e. The molecule has 2 rings (SSSR count). The topological polar surface area (TPSA) is 46.9 Å². The molecule has 0 fully saturated rings. The average molecular weight is 415 g/mol. The van der Waals surface area contributed by atoms with Crippen LogP contribution in [0.25, 0.3) is 0 Å². The highest BCUT2D eigenvalue weighted by Gasteiger charge is 2.08. The first-order valence-corrected chi connectivity index (χ1v) is 8.31. The van der Waals surface area contributed by atoms with Gasteiger partial charge in [0.25, 0.3) is 5.91 Å². The minimum Gasteiger partial charge on any atom is -0.352 e. The Morgan fingerprint density at radius 1 is 1.24 bits per heavy atom. The molecule has 0 atom stereocenters. The molecule has 21 heavy (non-hydrogen) atoms. The van der Waals surface area contributed by atoms with Crippen molar-refractivity contribution in [3.05, 3.63) is 50.2 Å². The Labute approximate surface area is 141 Å². The number of halogens is 2. The van der Waals surface area contributed by atoms with Crippen molar-refractivity contribution in [3.8, 4) is 0 Å². The van der Waals surface area contributed by atoms with Crippen molar-refractivity contribution in [3.63, 3.8) is 0 Å². The van der Waals surface area contributed by atoms with E-state index in [-0.39, 0.29) is 5.91 Å². The number of nitrogens with one attached hydrogen (secondary N) is 1. The van der Waals surface area contributed by atoms with Gasteiger partial charge in [0.15, 0.2) is 0 Å². The number of hydrogen-bond acceptors (Lipinski definition) is 2. The van der Waals surface area contributed by atoms with Gasteiger partial charge in [-0.1, -0.05) is 15.9 Å². The van der Waals surface area contributed by atoms with Crippen LogP contribution in [0.15, 0.2) is 33.2 Å². The zero-order chi connectivity index (χ0) is 15.4. The predicted octanol–water partition coefficient (Wildman–Crippen LogP) is 3.85. The molecule has 0 spiro atoms. The quantitative estimate of drug-likeness (QED) is 0.755. The number of nitrogens with zero attached hydrogens (tertiary/aromatic N) is 2. The molecule has 1 aromatic heterocycles. The number of hydrogen-bond donors (Lipinski definition) is 1. The number of rotatable bonds is 5. The molecular weight excluding hydrogens is 398 g/mol. The van der Waals surface area contributed by atoms with Crippen LogP contribution in [0.3, 0.4) is 0 Å². The SMILES string of the molecule is Cc1nn(CCCNC(=O)c2ccc(Br)cc2)c(C)c1Br. The molecule has 0 bridgehead atoms. The second kappa shape index (κ2) is 7.22.